The van der Waals surface area contributed by atoms with E-state index in [1.54, 1.807) is 0 Å². The van der Waals surface area contributed by atoms with E-state index in [2.05, 4.69) is 23.6 Å². The van der Waals surface area contributed by atoms with Crippen LogP contribution in [0.4, 0.5) is 0 Å². The molecule has 0 aromatic carbocycles. The lowest BCUT2D eigenvalue weighted by Gasteiger charge is -2.11. The first kappa shape index (κ1) is 20.9. The molecule has 0 aliphatic heterocycles. The summed E-state index contributed by atoms with van der Waals surface area (Å²) < 4.78 is 0. The second-order valence-electron chi connectivity index (χ2n) is 6.33. The molecule has 0 fully saturated rings. The summed E-state index contributed by atoms with van der Waals surface area (Å²) in [5.41, 5.74) is 8.17. The molecule has 0 aliphatic rings. The van der Waals surface area contributed by atoms with Gasteiger partial charge in [-0.1, -0.05) is 90.4 Å². The molecule has 0 rings (SSSR count). The summed E-state index contributed by atoms with van der Waals surface area (Å²) >= 11 is 0. The van der Waals surface area contributed by atoms with Gasteiger partial charge in [0.05, 0.1) is 0 Å². The van der Waals surface area contributed by atoms with Crippen molar-refractivity contribution >= 4 is 8.07 Å². The average molecular weight is 315 g/mol. The molecule has 0 unspecified atom stereocenters. The van der Waals surface area contributed by atoms with Crippen molar-refractivity contribution < 1.29 is 0 Å². The lowest BCUT2D eigenvalue weighted by molar-refractivity contribution is 0.542. The lowest BCUT2D eigenvalue weighted by Crippen LogP contribution is -2.29. The Labute approximate surface area is 140 Å². The maximum absolute atomic E-state index is 5.50. The minimum atomic E-state index is -2.23. The third kappa shape index (κ3) is 10.6. The van der Waals surface area contributed by atoms with Gasteiger partial charge in [0.2, 0.25) is 0 Å². The van der Waals surface area contributed by atoms with E-state index < -0.39 is 8.07 Å². The van der Waals surface area contributed by atoms with E-state index in [1.807, 2.05) is 0 Å². The molecule has 0 saturated heterocycles. The molecule has 0 aromatic rings. The van der Waals surface area contributed by atoms with E-state index in [1.165, 1.54) is 77.0 Å². The van der Waals surface area contributed by atoms with Gasteiger partial charge >= 0.3 is 0 Å². The quantitative estimate of drug-likeness (QED) is 0.208. The topological polar surface area (TPSA) is 0 Å². The molecule has 0 bridgehead atoms. The van der Waals surface area contributed by atoms with Crippen LogP contribution in [0.3, 0.4) is 0 Å². The summed E-state index contributed by atoms with van der Waals surface area (Å²) in [6.45, 7) is 2.27. The van der Waals surface area contributed by atoms with Gasteiger partial charge in [0.15, 0.2) is 0 Å². The summed E-state index contributed by atoms with van der Waals surface area (Å²) in [7, 11) is -2.23. The van der Waals surface area contributed by atoms with Crippen molar-refractivity contribution in [1.29, 1.82) is 0 Å². The summed E-state index contributed by atoms with van der Waals surface area (Å²) in [5.74, 6) is 0. The summed E-state index contributed by atoms with van der Waals surface area (Å²) in [6, 6.07) is 0.897. The molecule has 0 nitrogen and oxygen atoms in total. The smallest absolute Gasteiger partial charge is 0.125 e. The fourth-order valence-corrected chi connectivity index (χ4v) is 4.21. The van der Waals surface area contributed by atoms with Crippen LogP contribution in [0.15, 0.2) is 0 Å². The number of rotatable bonds is 14. The molecule has 0 aromatic heterocycles. The maximum atomic E-state index is 5.50. The van der Waals surface area contributed by atoms with Gasteiger partial charge in [-0.3, -0.25) is 0 Å². The molecule has 0 radical (unpaired) electrons. The molecular formula is C21H34Si. The highest BCUT2D eigenvalue weighted by molar-refractivity contribution is 7.00. The van der Waals surface area contributed by atoms with Gasteiger partial charge in [0.25, 0.3) is 8.07 Å². The van der Waals surface area contributed by atoms with Crippen molar-refractivity contribution in [3.05, 3.63) is 0 Å². The van der Waals surface area contributed by atoms with Gasteiger partial charge in [-0.2, -0.15) is 0 Å². The van der Waals surface area contributed by atoms with Crippen LogP contribution in [-0.4, -0.2) is 8.07 Å². The Morgan fingerprint density at radius 2 is 0.864 bits per heavy atom. The Hall–Kier alpha value is -1.10. The average Bonchev–Trinajstić information content (AvgIpc) is 2.56. The minimum absolute atomic E-state index is 0.897. The molecule has 0 N–H and O–H groups in total. The molecular weight excluding hydrogens is 280 g/mol. The Morgan fingerprint density at radius 1 is 0.545 bits per heavy atom. The second-order valence-corrected chi connectivity index (χ2v) is 9.51. The van der Waals surface area contributed by atoms with Crippen LogP contribution < -0.4 is 0 Å². The molecule has 0 aliphatic carbocycles. The molecule has 0 atom stereocenters. The largest absolute Gasteiger partial charge is 0.289 e. The van der Waals surface area contributed by atoms with Crippen LogP contribution in [-0.2, 0) is 0 Å². The van der Waals surface area contributed by atoms with Gasteiger partial charge in [0.1, 0.15) is 0 Å². The van der Waals surface area contributed by atoms with Crippen molar-refractivity contribution in [3.63, 3.8) is 0 Å². The molecule has 0 saturated carbocycles. The molecule has 122 valence electrons. The Bertz CT molecular complexity index is 338. The molecule has 0 heterocycles. The summed E-state index contributed by atoms with van der Waals surface area (Å²) in [6.07, 6.45) is 34.1. The van der Waals surface area contributed by atoms with Gasteiger partial charge < -0.3 is 0 Å². The van der Waals surface area contributed by atoms with E-state index in [-0.39, 0.29) is 0 Å². The maximum Gasteiger partial charge on any atom is 0.289 e. The summed E-state index contributed by atoms with van der Waals surface area (Å²) in [5, 5.41) is 0. The van der Waals surface area contributed by atoms with Crippen LogP contribution in [0.5, 0.6) is 0 Å². The first-order chi connectivity index (χ1) is 10.7. The predicted molar refractivity (Wildman–Crippen MR) is 103 cm³/mol. The highest BCUT2D eigenvalue weighted by atomic mass is 28.3. The Kier molecular flexibility index (Phi) is 14.1. The summed E-state index contributed by atoms with van der Waals surface area (Å²) in [4.78, 5) is 0. The van der Waals surface area contributed by atoms with E-state index in [0.29, 0.717) is 0 Å². The van der Waals surface area contributed by atoms with E-state index in [0.717, 1.165) is 12.5 Å². The minimum Gasteiger partial charge on any atom is -0.125 e. The number of unbranched alkanes of at least 4 members (excludes halogenated alkanes) is 12. The first-order valence-corrected chi connectivity index (χ1v) is 11.4. The molecule has 0 amide bonds. The highest BCUT2D eigenvalue weighted by Gasteiger charge is 2.25. The zero-order valence-corrected chi connectivity index (χ0v) is 15.6. The monoisotopic (exact) mass is 314 g/mol. The van der Waals surface area contributed by atoms with Crippen molar-refractivity contribution in [2.45, 2.75) is 96.4 Å². The number of hydrogen-bond donors (Lipinski definition) is 0. The van der Waals surface area contributed by atoms with Crippen LogP contribution in [0.1, 0.15) is 90.4 Å². The van der Waals surface area contributed by atoms with Gasteiger partial charge in [-0.25, -0.2) is 0 Å². The third-order valence-corrected chi connectivity index (χ3v) is 6.98. The normalized spacial score (nSPS) is 10.6. The van der Waals surface area contributed by atoms with Crippen molar-refractivity contribution in [2.24, 2.45) is 0 Å². The zero-order valence-electron chi connectivity index (χ0n) is 14.6. The van der Waals surface area contributed by atoms with E-state index >= 15 is 0 Å². The number of terminal acetylenes is 3. The third-order valence-electron chi connectivity index (χ3n) is 4.39. The molecule has 1 heteroatoms. The lowest BCUT2D eigenvalue weighted by atomic mass is 10.1. The second kappa shape index (κ2) is 14.8. The van der Waals surface area contributed by atoms with Gasteiger partial charge in [0, 0.05) is 0 Å². The molecule has 22 heavy (non-hydrogen) atoms. The number of hydrogen-bond acceptors (Lipinski definition) is 0. The van der Waals surface area contributed by atoms with Crippen LogP contribution >= 0.6 is 0 Å². The highest BCUT2D eigenvalue weighted by Crippen LogP contribution is 2.16. The molecule has 0 spiro atoms. The fourth-order valence-electron chi connectivity index (χ4n) is 2.75. The predicted octanol–water partition coefficient (Wildman–Crippen LogP) is 6.04. The Morgan fingerprint density at radius 3 is 1.18 bits per heavy atom. The van der Waals surface area contributed by atoms with Crippen LogP contribution in [0.25, 0.3) is 0 Å². The van der Waals surface area contributed by atoms with Crippen LogP contribution in [0.2, 0.25) is 6.04 Å². The SMILES string of the molecule is C#C[Si](C#C)(C#C)CCCCCCCCCCCCCCC. The first-order valence-electron chi connectivity index (χ1n) is 9.18. The van der Waals surface area contributed by atoms with E-state index in [9.17, 15) is 0 Å². The van der Waals surface area contributed by atoms with E-state index in [4.69, 9.17) is 19.3 Å². The van der Waals surface area contributed by atoms with Crippen LogP contribution in [0, 0.1) is 35.9 Å². The van der Waals surface area contributed by atoms with Crippen molar-refractivity contribution in [2.75, 3.05) is 0 Å². The fraction of sp³-hybridized carbons (Fsp3) is 0.714. The van der Waals surface area contributed by atoms with Gasteiger partial charge in [-0.05, 0) is 6.04 Å². The standard InChI is InChI=1S/C21H34Si/c1-5-9-10-11-12-13-14-15-16-17-18-19-20-21-22(6-2,7-3)8-4/h2-4H,5,9-21H2,1H3. The zero-order chi connectivity index (χ0) is 16.5. The Balaban J connectivity index is 3.33. The van der Waals surface area contributed by atoms with Crippen molar-refractivity contribution in [3.8, 4) is 35.9 Å². The van der Waals surface area contributed by atoms with Crippen molar-refractivity contribution in [1.82, 2.24) is 0 Å². The van der Waals surface area contributed by atoms with Gasteiger partial charge in [-0.15, -0.1) is 35.9 Å².